The zero-order valence-electron chi connectivity index (χ0n) is 15.0. The maximum absolute atomic E-state index is 2.36. The molecule has 0 N–H and O–H groups in total. The average molecular weight is 344 g/mol. The Hall–Kier alpha value is -3.38. The highest BCUT2D eigenvalue weighted by Gasteiger charge is 2.23. The van der Waals surface area contributed by atoms with Crippen molar-refractivity contribution >= 4 is 17.2 Å². The Kier molecular flexibility index (Phi) is 3.95. The smallest absolute Gasteiger partial charge is 0.0217 e. The van der Waals surface area contributed by atoms with Crippen LogP contribution in [-0.2, 0) is 0 Å². The molecule has 0 bridgehead atoms. The van der Waals surface area contributed by atoms with E-state index in [1.807, 2.05) is 0 Å². The normalized spacial score (nSPS) is 15.1. The first-order valence-electron chi connectivity index (χ1n) is 9.43. The van der Waals surface area contributed by atoms with Crippen LogP contribution in [0.1, 0.15) is 11.1 Å². The predicted octanol–water partition coefficient (Wildman–Crippen LogP) is 4.88. The lowest BCUT2D eigenvalue weighted by atomic mass is 9.86. The van der Waals surface area contributed by atoms with Crippen LogP contribution in [0.3, 0.4) is 0 Å². The Morgan fingerprint density at radius 1 is 0.593 bits per heavy atom. The first kappa shape index (κ1) is 15.8. The van der Waals surface area contributed by atoms with E-state index in [-0.39, 0.29) is 0 Å². The van der Waals surface area contributed by atoms with Crippen molar-refractivity contribution in [1.82, 2.24) is 0 Å². The van der Waals surface area contributed by atoms with E-state index >= 15 is 0 Å². The van der Waals surface area contributed by atoms with Gasteiger partial charge in [0.25, 0.3) is 0 Å². The summed E-state index contributed by atoms with van der Waals surface area (Å²) in [4.78, 5) is 0. The van der Waals surface area contributed by atoms with E-state index in [9.17, 15) is 0 Å². The van der Waals surface area contributed by atoms with E-state index < -0.39 is 0 Å². The largest absolute Gasteiger partial charge is 0.0732 e. The van der Waals surface area contributed by atoms with Gasteiger partial charge in [0.05, 0.1) is 0 Å². The third-order valence-electron chi connectivity index (χ3n) is 5.32. The lowest BCUT2D eigenvalue weighted by Crippen LogP contribution is -2.23. The molecule has 0 heteroatoms. The van der Waals surface area contributed by atoms with E-state index in [4.69, 9.17) is 0 Å². The molecule has 0 nitrogen and oxygen atoms in total. The van der Waals surface area contributed by atoms with Crippen LogP contribution in [0.25, 0.3) is 17.2 Å². The second-order valence-corrected chi connectivity index (χ2v) is 6.96. The summed E-state index contributed by atoms with van der Waals surface area (Å²) < 4.78 is 0. The van der Waals surface area contributed by atoms with Crippen LogP contribution in [0.2, 0.25) is 0 Å². The van der Waals surface area contributed by atoms with Gasteiger partial charge in [-0.05, 0) is 44.4 Å². The summed E-state index contributed by atoms with van der Waals surface area (Å²) in [5, 5.41) is 2.65. The number of rotatable bonds is 3. The van der Waals surface area contributed by atoms with Gasteiger partial charge < -0.3 is 0 Å². The molecule has 2 aliphatic rings. The minimum atomic E-state index is 0.322. The van der Waals surface area contributed by atoms with Crippen LogP contribution in [0, 0.1) is 5.92 Å². The molecule has 0 aliphatic heterocycles. The summed E-state index contributed by atoms with van der Waals surface area (Å²) in [6.45, 7) is 0. The fourth-order valence-electron chi connectivity index (χ4n) is 4.12. The summed E-state index contributed by atoms with van der Waals surface area (Å²) in [5.41, 5.74) is 6.54. The molecule has 128 valence electrons. The number of hydrogen-bond donors (Lipinski definition) is 0. The molecule has 0 spiro atoms. The Bertz CT molecular complexity index is 1140. The fourth-order valence-corrected chi connectivity index (χ4v) is 4.12. The van der Waals surface area contributed by atoms with Gasteiger partial charge in [0, 0.05) is 5.92 Å². The molecule has 0 saturated heterocycles. The van der Waals surface area contributed by atoms with Crippen molar-refractivity contribution < 1.29 is 0 Å². The van der Waals surface area contributed by atoms with Crippen LogP contribution in [0.15, 0.2) is 115 Å². The Balaban J connectivity index is 1.87. The summed E-state index contributed by atoms with van der Waals surface area (Å²) in [6.07, 6.45) is 11.2. The van der Waals surface area contributed by atoms with Crippen molar-refractivity contribution in [2.75, 3.05) is 0 Å². The molecule has 5 rings (SSSR count). The second kappa shape index (κ2) is 6.74. The number of hydrogen-bond acceptors (Lipinski definition) is 0. The summed E-state index contributed by atoms with van der Waals surface area (Å²) >= 11 is 0. The van der Waals surface area contributed by atoms with Crippen molar-refractivity contribution in [2.24, 2.45) is 5.92 Å². The molecule has 0 unspecified atom stereocenters. The third-order valence-corrected chi connectivity index (χ3v) is 5.32. The molecule has 0 amide bonds. The van der Waals surface area contributed by atoms with Crippen molar-refractivity contribution in [1.29, 1.82) is 0 Å². The molecule has 0 heterocycles. The fraction of sp³-hybridized carbons (Fsp3) is 0.0370. The average Bonchev–Trinajstić information content (AvgIpc) is 3.37. The molecule has 0 radical (unpaired) electrons. The van der Waals surface area contributed by atoms with Crippen LogP contribution in [-0.4, -0.2) is 0 Å². The Morgan fingerprint density at radius 2 is 1.15 bits per heavy atom. The maximum Gasteiger partial charge on any atom is 0.0217 e. The van der Waals surface area contributed by atoms with E-state index in [1.165, 1.54) is 38.3 Å². The molecule has 0 aromatic heterocycles. The van der Waals surface area contributed by atoms with E-state index in [2.05, 4.69) is 115 Å². The van der Waals surface area contributed by atoms with Crippen molar-refractivity contribution in [3.63, 3.8) is 0 Å². The van der Waals surface area contributed by atoms with Gasteiger partial charge >= 0.3 is 0 Å². The van der Waals surface area contributed by atoms with Gasteiger partial charge in [-0.2, -0.15) is 0 Å². The van der Waals surface area contributed by atoms with Gasteiger partial charge in [0.15, 0.2) is 0 Å². The molecule has 0 saturated carbocycles. The summed E-state index contributed by atoms with van der Waals surface area (Å²) in [5.74, 6) is 0.322. The lowest BCUT2D eigenvalue weighted by Gasteiger charge is -2.17. The molecule has 2 aliphatic carbocycles. The van der Waals surface area contributed by atoms with Crippen LogP contribution >= 0.6 is 0 Å². The predicted molar refractivity (Wildman–Crippen MR) is 114 cm³/mol. The molecule has 0 fully saturated rings. The highest BCUT2D eigenvalue weighted by atomic mass is 14.3. The molecule has 3 aromatic rings. The monoisotopic (exact) mass is 344 g/mol. The van der Waals surface area contributed by atoms with Gasteiger partial charge in [0.1, 0.15) is 0 Å². The third kappa shape index (κ3) is 2.80. The van der Waals surface area contributed by atoms with Gasteiger partial charge in [-0.25, -0.2) is 0 Å². The number of benzene rings is 3. The SMILES string of the molecule is C1=CC(C2=c3ccccc3=CC2=C(c2ccccc2)c2ccccc2)C=C1. The zero-order valence-corrected chi connectivity index (χ0v) is 15.0. The minimum Gasteiger partial charge on any atom is -0.0732 e. The first-order valence-corrected chi connectivity index (χ1v) is 9.43. The summed E-state index contributed by atoms with van der Waals surface area (Å²) in [7, 11) is 0. The van der Waals surface area contributed by atoms with Gasteiger partial charge in [-0.1, -0.05) is 109 Å². The number of allylic oxidation sites excluding steroid dienone is 5. The topological polar surface area (TPSA) is 0 Å². The van der Waals surface area contributed by atoms with E-state index in [1.54, 1.807) is 0 Å². The minimum absolute atomic E-state index is 0.322. The number of fused-ring (bicyclic) bond motifs is 1. The van der Waals surface area contributed by atoms with Crippen LogP contribution in [0.5, 0.6) is 0 Å². The summed E-state index contributed by atoms with van der Waals surface area (Å²) in [6, 6.07) is 30.2. The van der Waals surface area contributed by atoms with E-state index in [0.717, 1.165) is 0 Å². The van der Waals surface area contributed by atoms with Gasteiger partial charge in [-0.3, -0.25) is 0 Å². The van der Waals surface area contributed by atoms with Crippen molar-refractivity contribution in [3.05, 3.63) is 136 Å². The quantitative estimate of drug-likeness (QED) is 0.635. The van der Waals surface area contributed by atoms with E-state index in [0.29, 0.717) is 5.92 Å². The highest BCUT2D eigenvalue weighted by molar-refractivity contribution is 6.00. The van der Waals surface area contributed by atoms with Gasteiger partial charge in [0.2, 0.25) is 0 Å². The van der Waals surface area contributed by atoms with Crippen LogP contribution in [0.4, 0.5) is 0 Å². The van der Waals surface area contributed by atoms with Crippen molar-refractivity contribution in [2.45, 2.75) is 0 Å². The maximum atomic E-state index is 2.36. The molecule has 3 aromatic carbocycles. The first-order chi connectivity index (χ1) is 13.4. The van der Waals surface area contributed by atoms with Crippen LogP contribution < -0.4 is 10.4 Å². The standard InChI is InChI=1S/C27H20/c1-3-11-20(12-4-1)26(21-13-5-2-6-14-21)25-19-23-17-9-10-18-24(23)27(25)22-15-7-8-16-22/h1-19,22H. The Labute approximate surface area is 159 Å². The lowest BCUT2D eigenvalue weighted by molar-refractivity contribution is 1.11. The molecular weight excluding hydrogens is 324 g/mol. The Morgan fingerprint density at radius 3 is 1.78 bits per heavy atom. The zero-order chi connectivity index (χ0) is 18.1. The molecule has 27 heavy (non-hydrogen) atoms. The van der Waals surface area contributed by atoms with Gasteiger partial charge in [-0.15, -0.1) is 0 Å². The molecular formula is C27H20. The highest BCUT2D eigenvalue weighted by Crippen LogP contribution is 2.37. The molecule has 0 atom stereocenters. The second-order valence-electron chi connectivity index (χ2n) is 6.96. The van der Waals surface area contributed by atoms with Crippen molar-refractivity contribution in [3.8, 4) is 0 Å².